The quantitative estimate of drug-likeness (QED) is 0.559. The smallest absolute Gasteiger partial charge is 0.151 e. The van der Waals surface area contributed by atoms with E-state index >= 15 is 0 Å². The molecule has 0 atom stereocenters. The molecule has 1 aliphatic rings. The summed E-state index contributed by atoms with van der Waals surface area (Å²) in [5.74, 6) is 0.953. The van der Waals surface area contributed by atoms with E-state index in [0.29, 0.717) is 0 Å². The molecule has 0 N–H and O–H groups in total. The van der Waals surface area contributed by atoms with Crippen LogP contribution in [0.1, 0.15) is 6.42 Å². The van der Waals surface area contributed by atoms with E-state index in [2.05, 4.69) is 21.2 Å². The molecule has 1 aromatic rings. The summed E-state index contributed by atoms with van der Waals surface area (Å²) >= 11 is 0. The van der Waals surface area contributed by atoms with Crippen LogP contribution in [-0.2, 0) is 0 Å². The highest BCUT2D eigenvalue weighted by atomic mass is 15.3. The number of hydrogen-bond acceptors (Lipinski definition) is 3. The lowest BCUT2D eigenvalue weighted by Gasteiger charge is -2.31. The monoisotopic (exact) mass is 134 g/mol. The zero-order valence-corrected chi connectivity index (χ0v) is 5.62. The summed E-state index contributed by atoms with van der Waals surface area (Å²) in [4.78, 5) is 2.18. The first-order valence-electron chi connectivity index (χ1n) is 3.40. The van der Waals surface area contributed by atoms with Gasteiger partial charge in [0, 0.05) is 19.2 Å². The molecule has 0 saturated carbocycles. The van der Waals surface area contributed by atoms with Gasteiger partial charge in [0.15, 0.2) is 5.82 Å². The van der Waals surface area contributed by atoms with Crippen molar-refractivity contribution >= 4 is 5.82 Å². The molecule has 3 nitrogen and oxygen atoms in total. The second kappa shape index (κ2) is 2.25. The lowest BCUT2D eigenvalue weighted by molar-refractivity contribution is 0.605. The van der Waals surface area contributed by atoms with E-state index < -0.39 is 0 Å². The van der Waals surface area contributed by atoms with E-state index in [0.717, 1.165) is 18.9 Å². The van der Waals surface area contributed by atoms with Crippen molar-refractivity contribution in [1.82, 2.24) is 10.2 Å². The van der Waals surface area contributed by atoms with E-state index in [-0.39, 0.29) is 0 Å². The Kier molecular flexibility index (Phi) is 1.27. The number of rotatable bonds is 1. The average molecular weight is 134 g/mol. The zero-order chi connectivity index (χ0) is 6.81. The summed E-state index contributed by atoms with van der Waals surface area (Å²) in [5.41, 5.74) is 0. The Bertz CT molecular complexity index is 205. The highest BCUT2D eigenvalue weighted by molar-refractivity contribution is 5.38. The molecule has 10 heavy (non-hydrogen) atoms. The van der Waals surface area contributed by atoms with E-state index in [1.807, 2.05) is 6.07 Å². The first kappa shape index (κ1) is 5.65. The normalized spacial score (nSPS) is 16.6. The Balaban J connectivity index is 2.18. The summed E-state index contributed by atoms with van der Waals surface area (Å²) in [7, 11) is 0. The molecule has 1 saturated heterocycles. The van der Waals surface area contributed by atoms with Gasteiger partial charge in [0.05, 0.1) is 6.20 Å². The third kappa shape index (κ3) is 0.835. The van der Waals surface area contributed by atoms with Crippen molar-refractivity contribution in [3.8, 4) is 0 Å². The Morgan fingerprint density at radius 3 is 2.90 bits per heavy atom. The highest BCUT2D eigenvalue weighted by Crippen LogP contribution is 2.14. The fourth-order valence-corrected chi connectivity index (χ4v) is 0.962. The molecule has 0 aliphatic carbocycles. The maximum absolute atomic E-state index is 3.95. The summed E-state index contributed by atoms with van der Waals surface area (Å²) in [6, 6.07) is 4.76. The van der Waals surface area contributed by atoms with Gasteiger partial charge in [-0.25, -0.2) is 0 Å². The summed E-state index contributed by atoms with van der Waals surface area (Å²) in [6.45, 7) is 2.24. The molecule has 2 rings (SSSR count). The lowest BCUT2D eigenvalue weighted by Crippen LogP contribution is -2.37. The van der Waals surface area contributed by atoms with Crippen LogP contribution in [0.25, 0.3) is 0 Å². The fraction of sp³-hybridized carbons (Fsp3) is 0.429. The molecule has 1 fully saturated rings. The minimum Gasteiger partial charge on any atom is -0.355 e. The average Bonchev–Trinajstić information content (AvgIpc) is 1.86. The molecule has 0 bridgehead atoms. The molecular formula is C7H8N3. The van der Waals surface area contributed by atoms with E-state index in [1.165, 1.54) is 6.42 Å². The minimum atomic E-state index is 0.953. The van der Waals surface area contributed by atoms with Gasteiger partial charge >= 0.3 is 0 Å². The van der Waals surface area contributed by atoms with Crippen molar-refractivity contribution in [2.45, 2.75) is 6.42 Å². The molecular weight excluding hydrogens is 126 g/mol. The van der Waals surface area contributed by atoms with Crippen LogP contribution in [0.5, 0.6) is 0 Å². The van der Waals surface area contributed by atoms with Crippen LogP contribution in [0.3, 0.4) is 0 Å². The number of hydrogen-bond donors (Lipinski definition) is 0. The van der Waals surface area contributed by atoms with Crippen molar-refractivity contribution < 1.29 is 0 Å². The Morgan fingerprint density at radius 2 is 2.40 bits per heavy atom. The highest BCUT2D eigenvalue weighted by Gasteiger charge is 2.14. The van der Waals surface area contributed by atoms with Gasteiger partial charge in [0.2, 0.25) is 0 Å². The number of aromatic nitrogens is 2. The van der Waals surface area contributed by atoms with Gasteiger partial charge in [0.1, 0.15) is 0 Å². The minimum absolute atomic E-state index is 0.953. The van der Waals surface area contributed by atoms with E-state index in [9.17, 15) is 0 Å². The lowest BCUT2D eigenvalue weighted by atomic mass is 10.2. The third-order valence-corrected chi connectivity index (χ3v) is 1.68. The Hall–Kier alpha value is -1.12. The topological polar surface area (TPSA) is 29.0 Å². The number of anilines is 1. The van der Waals surface area contributed by atoms with Crippen LogP contribution in [0.15, 0.2) is 12.3 Å². The van der Waals surface area contributed by atoms with Crippen LogP contribution >= 0.6 is 0 Å². The second-order valence-corrected chi connectivity index (χ2v) is 2.35. The van der Waals surface area contributed by atoms with Gasteiger partial charge < -0.3 is 4.90 Å². The maximum Gasteiger partial charge on any atom is 0.151 e. The predicted molar refractivity (Wildman–Crippen MR) is 37.7 cm³/mol. The van der Waals surface area contributed by atoms with Gasteiger partial charge in [-0.3, -0.25) is 0 Å². The fourth-order valence-electron chi connectivity index (χ4n) is 0.962. The van der Waals surface area contributed by atoms with Gasteiger partial charge in [-0.15, -0.1) is 5.10 Å². The van der Waals surface area contributed by atoms with Crippen molar-refractivity contribution in [3.05, 3.63) is 18.3 Å². The largest absolute Gasteiger partial charge is 0.355 e. The van der Waals surface area contributed by atoms with Crippen LogP contribution in [0.2, 0.25) is 0 Å². The van der Waals surface area contributed by atoms with Gasteiger partial charge in [-0.05, 0) is 12.5 Å². The van der Waals surface area contributed by atoms with Crippen LogP contribution < -0.4 is 4.90 Å². The maximum atomic E-state index is 3.95. The van der Waals surface area contributed by atoms with Gasteiger partial charge in [-0.1, -0.05) is 0 Å². The first-order valence-corrected chi connectivity index (χ1v) is 3.40. The third-order valence-electron chi connectivity index (χ3n) is 1.68. The molecule has 1 aromatic heterocycles. The van der Waals surface area contributed by atoms with Crippen molar-refractivity contribution in [1.29, 1.82) is 0 Å². The van der Waals surface area contributed by atoms with Gasteiger partial charge in [0.25, 0.3) is 0 Å². The summed E-state index contributed by atoms with van der Waals surface area (Å²) in [5, 5.41) is 7.69. The molecule has 1 aliphatic heterocycles. The molecule has 0 aromatic carbocycles. The molecule has 0 spiro atoms. The predicted octanol–water partition coefficient (Wildman–Crippen LogP) is 0.487. The van der Waals surface area contributed by atoms with Crippen LogP contribution in [-0.4, -0.2) is 23.3 Å². The van der Waals surface area contributed by atoms with Crippen molar-refractivity contribution in [2.75, 3.05) is 18.0 Å². The Labute approximate surface area is 59.7 Å². The standard InChI is InChI=1S/C7H8N3/c1-3-7(9-8-4-1)10-5-2-6-10/h3-4H,2,5-6H2. The van der Waals surface area contributed by atoms with Crippen molar-refractivity contribution in [2.24, 2.45) is 0 Å². The number of nitrogens with zero attached hydrogens (tertiary/aromatic N) is 3. The van der Waals surface area contributed by atoms with Crippen molar-refractivity contribution in [3.63, 3.8) is 0 Å². The SMILES string of the molecule is [c]1cnnc(N2CCC2)c1. The molecule has 3 heteroatoms. The van der Waals surface area contributed by atoms with E-state index in [1.54, 1.807) is 6.20 Å². The summed E-state index contributed by atoms with van der Waals surface area (Å²) < 4.78 is 0. The Morgan fingerprint density at radius 1 is 1.50 bits per heavy atom. The molecule has 0 amide bonds. The zero-order valence-electron chi connectivity index (χ0n) is 5.62. The molecule has 51 valence electrons. The summed E-state index contributed by atoms with van der Waals surface area (Å²) in [6.07, 6.45) is 2.85. The first-order chi connectivity index (χ1) is 4.97. The second-order valence-electron chi connectivity index (χ2n) is 2.35. The van der Waals surface area contributed by atoms with E-state index in [4.69, 9.17) is 0 Å². The molecule has 0 unspecified atom stereocenters. The molecule has 2 heterocycles. The van der Waals surface area contributed by atoms with Crippen LogP contribution in [0.4, 0.5) is 5.82 Å². The van der Waals surface area contributed by atoms with Gasteiger partial charge in [-0.2, -0.15) is 5.10 Å². The van der Waals surface area contributed by atoms with Crippen LogP contribution in [0, 0.1) is 6.07 Å². The molecule has 1 radical (unpaired) electrons.